The van der Waals surface area contributed by atoms with Crippen LogP contribution in [0.25, 0.3) is 0 Å². The largest absolute Gasteiger partial charge is 0.317 e. The van der Waals surface area contributed by atoms with E-state index in [2.05, 4.69) is 5.32 Å². The van der Waals surface area contributed by atoms with E-state index in [1.165, 1.54) is 4.31 Å². The fraction of sp³-hybridized carbons (Fsp3) is 0.500. The van der Waals surface area contributed by atoms with Crippen molar-refractivity contribution in [3.8, 4) is 0 Å². The standard InChI is InChI=1S/C12H15Cl2FN2O2S/c1-16-9-2-4-17(5-3-9)20(18,19)12-10(13)6-8(15)7-11(12)14/h6-7,9,16H,2-5H2,1H3. The Hall–Kier alpha value is -0.400. The molecule has 1 fully saturated rings. The molecule has 1 aromatic carbocycles. The number of piperidine rings is 1. The molecule has 0 unspecified atom stereocenters. The molecular formula is C12H15Cl2FN2O2S. The van der Waals surface area contributed by atoms with Crippen LogP contribution in [0.4, 0.5) is 4.39 Å². The van der Waals surface area contributed by atoms with Gasteiger partial charge in [-0.1, -0.05) is 23.2 Å². The van der Waals surface area contributed by atoms with E-state index < -0.39 is 15.8 Å². The first-order valence-electron chi connectivity index (χ1n) is 6.18. The molecule has 1 N–H and O–H groups in total. The Morgan fingerprint density at radius 1 is 1.25 bits per heavy atom. The van der Waals surface area contributed by atoms with Crippen LogP contribution in [-0.2, 0) is 10.0 Å². The predicted molar refractivity (Wildman–Crippen MR) is 77.3 cm³/mol. The number of nitrogens with one attached hydrogen (secondary N) is 1. The van der Waals surface area contributed by atoms with Gasteiger partial charge < -0.3 is 5.32 Å². The molecule has 0 aromatic heterocycles. The summed E-state index contributed by atoms with van der Waals surface area (Å²) in [6.45, 7) is 0.774. The van der Waals surface area contributed by atoms with Crippen LogP contribution in [-0.4, -0.2) is 38.9 Å². The van der Waals surface area contributed by atoms with Gasteiger partial charge in [-0.15, -0.1) is 0 Å². The number of sulfonamides is 1. The molecule has 0 spiro atoms. The zero-order valence-electron chi connectivity index (χ0n) is 10.9. The Labute approximate surface area is 127 Å². The quantitative estimate of drug-likeness (QED) is 0.919. The lowest BCUT2D eigenvalue weighted by Crippen LogP contribution is -2.44. The SMILES string of the molecule is CNC1CCN(S(=O)(=O)c2c(Cl)cc(F)cc2Cl)CC1. The third-order valence-corrected chi connectivity index (χ3v) is 6.24. The fourth-order valence-corrected chi connectivity index (χ4v) is 4.90. The van der Waals surface area contributed by atoms with E-state index in [1.54, 1.807) is 0 Å². The minimum absolute atomic E-state index is 0.189. The maximum absolute atomic E-state index is 13.2. The topological polar surface area (TPSA) is 49.4 Å². The zero-order valence-corrected chi connectivity index (χ0v) is 13.2. The van der Waals surface area contributed by atoms with E-state index in [4.69, 9.17) is 23.2 Å². The highest BCUT2D eigenvalue weighted by Crippen LogP contribution is 2.33. The molecule has 8 heteroatoms. The number of halogens is 3. The molecule has 4 nitrogen and oxygen atoms in total. The van der Waals surface area contributed by atoms with Gasteiger partial charge in [-0.3, -0.25) is 0 Å². The summed E-state index contributed by atoms with van der Waals surface area (Å²) in [5.41, 5.74) is 0. The van der Waals surface area contributed by atoms with Gasteiger partial charge in [0.1, 0.15) is 10.7 Å². The van der Waals surface area contributed by atoms with Crippen molar-refractivity contribution in [2.75, 3.05) is 20.1 Å². The first-order valence-corrected chi connectivity index (χ1v) is 8.38. The van der Waals surface area contributed by atoms with Gasteiger partial charge in [0.25, 0.3) is 0 Å². The number of nitrogens with zero attached hydrogens (tertiary/aromatic N) is 1. The van der Waals surface area contributed by atoms with E-state index in [0.717, 1.165) is 12.1 Å². The molecule has 20 heavy (non-hydrogen) atoms. The van der Waals surface area contributed by atoms with Crippen molar-refractivity contribution in [1.29, 1.82) is 0 Å². The van der Waals surface area contributed by atoms with E-state index in [9.17, 15) is 12.8 Å². The van der Waals surface area contributed by atoms with Gasteiger partial charge in [0.05, 0.1) is 10.0 Å². The molecule has 0 saturated carbocycles. The molecule has 2 rings (SSSR count). The van der Waals surface area contributed by atoms with Crippen molar-refractivity contribution in [2.45, 2.75) is 23.8 Å². The summed E-state index contributed by atoms with van der Waals surface area (Å²) < 4.78 is 39.6. The maximum Gasteiger partial charge on any atom is 0.246 e. The molecule has 0 aliphatic carbocycles. The maximum atomic E-state index is 13.2. The van der Waals surface area contributed by atoms with Crippen molar-refractivity contribution in [1.82, 2.24) is 9.62 Å². The summed E-state index contributed by atoms with van der Waals surface area (Å²) in [5, 5.41) is 2.74. The second-order valence-electron chi connectivity index (χ2n) is 4.67. The van der Waals surface area contributed by atoms with Gasteiger partial charge >= 0.3 is 0 Å². The second kappa shape index (κ2) is 6.15. The summed E-state index contributed by atoms with van der Waals surface area (Å²) in [6.07, 6.45) is 1.43. The molecule has 1 aliphatic heterocycles. The molecular weight excluding hydrogens is 326 g/mol. The summed E-state index contributed by atoms with van der Waals surface area (Å²) in [4.78, 5) is -0.217. The minimum atomic E-state index is -3.80. The van der Waals surface area contributed by atoms with Crippen LogP contribution in [0.1, 0.15) is 12.8 Å². The van der Waals surface area contributed by atoms with Gasteiger partial charge in [-0.2, -0.15) is 4.31 Å². The lowest BCUT2D eigenvalue weighted by atomic mass is 10.1. The van der Waals surface area contributed by atoms with Gasteiger partial charge in [-0.25, -0.2) is 12.8 Å². The molecule has 1 aliphatic rings. The fourth-order valence-electron chi connectivity index (χ4n) is 2.29. The summed E-state index contributed by atoms with van der Waals surface area (Å²) in [5.74, 6) is -0.659. The van der Waals surface area contributed by atoms with Crippen LogP contribution in [0, 0.1) is 5.82 Å². The molecule has 0 atom stereocenters. The minimum Gasteiger partial charge on any atom is -0.317 e. The third-order valence-electron chi connectivity index (χ3n) is 3.42. The van der Waals surface area contributed by atoms with Crippen molar-refractivity contribution in [2.24, 2.45) is 0 Å². The van der Waals surface area contributed by atoms with Crippen LogP contribution < -0.4 is 5.32 Å². The van der Waals surface area contributed by atoms with Gasteiger partial charge in [-0.05, 0) is 32.0 Å². The van der Waals surface area contributed by atoms with Gasteiger partial charge in [0.2, 0.25) is 10.0 Å². The van der Waals surface area contributed by atoms with Gasteiger partial charge in [0, 0.05) is 19.1 Å². The van der Waals surface area contributed by atoms with Crippen molar-refractivity contribution < 1.29 is 12.8 Å². The van der Waals surface area contributed by atoms with E-state index in [1.807, 2.05) is 7.05 Å². The normalized spacial score (nSPS) is 18.4. The highest BCUT2D eigenvalue weighted by atomic mass is 35.5. The van der Waals surface area contributed by atoms with E-state index in [-0.39, 0.29) is 14.9 Å². The molecule has 1 heterocycles. The Kier molecular flexibility index (Phi) is 4.92. The summed E-state index contributed by atoms with van der Waals surface area (Å²) in [6, 6.07) is 2.22. The van der Waals surface area contributed by atoms with E-state index >= 15 is 0 Å². The first-order chi connectivity index (χ1) is 9.36. The molecule has 0 bridgehead atoms. The van der Waals surface area contributed by atoms with Crippen molar-refractivity contribution in [3.05, 3.63) is 28.0 Å². The Bertz CT molecular complexity index is 578. The van der Waals surface area contributed by atoms with Crippen LogP contribution >= 0.6 is 23.2 Å². The lowest BCUT2D eigenvalue weighted by molar-refractivity contribution is 0.298. The van der Waals surface area contributed by atoms with Crippen LogP contribution in [0.3, 0.4) is 0 Å². The first kappa shape index (κ1) is 16.0. The second-order valence-corrected chi connectivity index (χ2v) is 7.35. The number of rotatable bonds is 3. The molecule has 0 radical (unpaired) electrons. The molecule has 1 aromatic rings. The highest BCUT2D eigenvalue weighted by Gasteiger charge is 2.32. The summed E-state index contributed by atoms with van der Waals surface area (Å²) in [7, 11) is -1.95. The van der Waals surface area contributed by atoms with Crippen molar-refractivity contribution >= 4 is 33.2 Å². The number of benzene rings is 1. The van der Waals surface area contributed by atoms with Crippen LogP contribution in [0.15, 0.2) is 17.0 Å². The van der Waals surface area contributed by atoms with Gasteiger partial charge in [0.15, 0.2) is 0 Å². The third kappa shape index (κ3) is 3.09. The zero-order chi connectivity index (χ0) is 14.9. The van der Waals surface area contributed by atoms with Crippen LogP contribution in [0.5, 0.6) is 0 Å². The average molecular weight is 341 g/mol. The van der Waals surface area contributed by atoms with Crippen LogP contribution in [0.2, 0.25) is 10.0 Å². The Morgan fingerprint density at radius 2 is 1.75 bits per heavy atom. The van der Waals surface area contributed by atoms with Crippen molar-refractivity contribution in [3.63, 3.8) is 0 Å². The smallest absolute Gasteiger partial charge is 0.246 e. The monoisotopic (exact) mass is 340 g/mol. The molecule has 1 saturated heterocycles. The Morgan fingerprint density at radius 3 is 2.20 bits per heavy atom. The lowest BCUT2D eigenvalue weighted by Gasteiger charge is -2.31. The number of hydrogen-bond acceptors (Lipinski definition) is 3. The molecule has 112 valence electrons. The highest BCUT2D eigenvalue weighted by molar-refractivity contribution is 7.89. The van der Waals surface area contributed by atoms with E-state index in [0.29, 0.717) is 32.0 Å². The average Bonchev–Trinajstić information content (AvgIpc) is 2.37. The summed E-state index contributed by atoms with van der Waals surface area (Å²) >= 11 is 11.7. The molecule has 0 amide bonds. The number of hydrogen-bond donors (Lipinski definition) is 1. The predicted octanol–water partition coefficient (Wildman–Crippen LogP) is 2.51. The Balaban J connectivity index is 2.32.